The van der Waals surface area contributed by atoms with Crippen molar-refractivity contribution in [2.24, 2.45) is 0 Å². The van der Waals surface area contributed by atoms with Crippen LogP contribution in [0.1, 0.15) is 38.5 Å². The van der Waals surface area contributed by atoms with E-state index >= 15 is 0 Å². The topological polar surface area (TPSA) is 32.3 Å². The number of hydrogen-bond acceptors (Lipinski definition) is 3. The molecule has 1 amide bonds. The Balaban J connectivity index is 1.55. The molecule has 1 aliphatic heterocycles. The first-order valence-corrected chi connectivity index (χ1v) is 8.05. The molecule has 1 saturated heterocycles. The average molecular weight is 254 g/mol. The van der Waals surface area contributed by atoms with Gasteiger partial charge in [0, 0.05) is 23.9 Å². The molecular formula is C13H22N2OS. The van der Waals surface area contributed by atoms with Gasteiger partial charge in [-0.2, -0.15) is 11.8 Å². The molecule has 3 nitrogen and oxygen atoms in total. The van der Waals surface area contributed by atoms with Crippen molar-refractivity contribution in [3.63, 3.8) is 0 Å². The SMILES string of the molecule is CSC1(CN2CCC(NC3CC3)C2=O)CCC1. The molecule has 0 bridgehead atoms. The van der Waals surface area contributed by atoms with Crippen LogP contribution in [-0.4, -0.2) is 47.0 Å². The van der Waals surface area contributed by atoms with E-state index in [9.17, 15) is 4.79 Å². The van der Waals surface area contributed by atoms with Crippen LogP contribution in [0.2, 0.25) is 0 Å². The molecule has 0 spiro atoms. The number of rotatable bonds is 5. The molecule has 2 saturated carbocycles. The highest BCUT2D eigenvalue weighted by atomic mass is 32.2. The molecule has 1 heterocycles. The van der Waals surface area contributed by atoms with Gasteiger partial charge < -0.3 is 10.2 Å². The van der Waals surface area contributed by atoms with E-state index in [1.54, 1.807) is 0 Å². The van der Waals surface area contributed by atoms with Crippen molar-refractivity contribution in [1.29, 1.82) is 0 Å². The van der Waals surface area contributed by atoms with Crippen LogP contribution in [0.5, 0.6) is 0 Å². The zero-order valence-corrected chi connectivity index (χ0v) is 11.4. The molecule has 0 aromatic carbocycles. The summed E-state index contributed by atoms with van der Waals surface area (Å²) in [4.78, 5) is 14.4. The molecule has 0 aromatic rings. The predicted molar refractivity (Wildman–Crippen MR) is 71.2 cm³/mol. The van der Waals surface area contributed by atoms with Gasteiger partial charge in [0.1, 0.15) is 0 Å². The van der Waals surface area contributed by atoms with E-state index in [0.717, 1.165) is 19.5 Å². The molecule has 3 aliphatic rings. The van der Waals surface area contributed by atoms with Crippen LogP contribution < -0.4 is 5.32 Å². The Kier molecular flexibility index (Phi) is 3.11. The first-order chi connectivity index (χ1) is 8.22. The molecule has 1 N–H and O–H groups in total. The van der Waals surface area contributed by atoms with Gasteiger partial charge in [0.15, 0.2) is 0 Å². The molecule has 2 aliphatic carbocycles. The van der Waals surface area contributed by atoms with E-state index in [1.807, 2.05) is 11.8 Å². The van der Waals surface area contributed by atoms with Crippen LogP contribution >= 0.6 is 11.8 Å². The van der Waals surface area contributed by atoms with Gasteiger partial charge in [-0.1, -0.05) is 6.42 Å². The Morgan fingerprint density at radius 3 is 2.71 bits per heavy atom. The number of hydrogen-bond donors (Lipinski definition) is 1. The van der Waals surface area contributed by atoms with Crippen molar-refractivity contribution in [2.45, 2.75) is 55.4 Å². The van der Waals surface area contributed by atoms with Gasteiger partial charge in [-0.15, -0.1) is 0 Å². The summed E-state index contributed by atoms with van der Waals surface area (Å²) in [5.41, 5.74) is 0. The van der Waals surface area contributed by atoms with Gasteiger partial charge in [0.2, 0.25) is 5.91 Å². The second kappa shape index (κ2) is 4.47. The first-order valence-electron chi connectivity index (χ1n) is 6.82. The van der Waals surface area contributed by atoms with Crippen molar-refractivity contribution < 1.29 is 4.79 Å². The van der Waals surface area contributed by atoms with Gasteiger partial charge in [0.25, 0.3) is 0 Å². The molecular weight excluding hydrogens is 232 g/mol. The van der Waals surface area contributed by atoms with Gasteiger partial charge in [-0.05, 0) is 38.4 Å². The van der Waals surface area contributed by atoms with Crippen molar-refractivity contribution in [1.82, 2.24) is 10.2 Å². The van der Waals surface area contributed by atoms with Crippen LogP contribution in [0.4, 0.5) is 0 Å². The zero-order chi connectivity index (χ0) is 11.9. The zero-order valence-electron chi connectivity index (χ0n) is 10.6. The molecule has 0 aromatic heterocycles. The predicted octanol–water partition coefficient (Wildman–Crippen LogP) is 1.62. The highest BCUT2D eigenvalue weighted by Gasteiger charge is 2.42. The maximum absolute atomic E-state index is 12.3. The Morgan fingerprint density at radius 1 is 1.41 bits per heavy atom. The third kappa shape index (κ3) is 2.34. The fourth-order valence-electron chi connectivity index (χ4n) is 2.93. The smallest absolute Gasteiger partial charge is 0.239 e. The molecule has 3 fully saturated rings. The first kappa shape index (κ1) is 11.8. The maximum Gasteiger partial charge on any atom is 0.239 e. The molecule has 17 heavy (non-hydrogen) atoms. The monoisotopic (exact) mass is 254 g/mol. The lowest BCUT2D eigenvalue weighted by atomic mass is 9.84. The molecule has 1 atom stereocenters. The summed E-state index contributed by atoms with van der Waals surface area (Å²) in [6.45, 7) is 1.95. The number of likely N-dealkylation sites (tertiary alicyclic amines) is 1. The number of carbonyl (C=O) groups is 1. The lowest BCUT2D eigenvalue weighted by Crippen LogP contribution is -2.48. The summed E-state index contributed by atoms with van der Waals surface area (Å²) in [5.74, 6) is 0.359. The van der Waals surface area contributed by atoms with Crippen molar-refractivity contribution in [3.05, 3.63) is 0 Å². The van der Waals surface area contributed by atoms with E-state index in [2.05, 4.69) is 16.5 Å². The van der Waals surface area contributed by atoms with Gasteiger partial charge in [0.05, 0.1) is 6.04 Å². The van der Waals surface area contributed by atoms with Crippen molar-refractivity contribution >= 4 is 17.7 Å². The molecule has 1 unspecified atom stereocenters. The maximum atomic E-state index is 12.3. The third-order valence-electron chi connectivity index (χ3n) is 4.49. The second-order valence-electron chi connectivity index (χ2n) is 5.78. The van der Waals surface area contributed by atoms with Crippen molar-refractivity contribution in [2.75, 3.05) is 19.3 Å². The lowest BCUT2D eigenvalue weighted by Gasteiger charge is -2.43. The number of amides is 1. The number of nitrogens with one attached hydrogen (secondary N) is 1. The molecule has 0 radical (unpaired) electrons. The largest absolute Gasteiger partial charge is 0.340 e. The number of carbonyl (C=O) groups excluding carboxylic acids is 1. The fraction of sp³-hybridized carbons (Fsp3) is 0.923. The average Bonchev–Trinajstić information content (AvgIpc) is 3.02. The third-order valence-corrected chi connectivity index (χ3v) is 5.89. The van der Waals surface area contributed by atoms with Crippen LogP contribution in [0, 0.1) is 0 Å². The minimum atomic E-state index is 0.126. The van der Waals surface area contributed by atoms with E-state index < -0.39 is 0 Å². The Bertz CT molecular complexity index is 307. The summed E-state index contributed by atoms with van der Waals surface area (Å²) in [5, 5.41) is 3.47. The van der Waals surface area contributed by atoms with Gasteiger partial charge >= 0.3 is 0 Å². The van der Waals surface area contributed by atoms with Gasteiger partial charge in [-0.25, -0.2) is 0 Å². The normalized spacial score (nSPS) is 31.7. The van der Waals surface area contributed by atoms with E-state index in [-0.39, 0.29) is 6.04 Å². The number of nitrogens with zero attached hydrogens (tertiary/aromatic N) is 1. The van der Waals surface area contributed by atoms with Crippen LogP contribution in [0.25, 0.3) is 0 Å². The summed E-state index contributed by atoms with van der Waals surface area (Å²) in [6.07, 6.45) is 9.65. The highest BCUT2D eigenvalue weighted by Crippen LogP contribution is 2.43. The lowest BCUT2D eigenvalue weighted by molar-refractivity contribution is -0.130. The van der Waals surface area contributed by atoms with Crippen LogP contribution in [0.3, 0.4) is 0 Å². The van der Waals surface area contributed by atoms with E-state index in [0.29, 0.717) is 16.7 Å². The minimum absolute atomic E-state index is 0.126. The highest BCUT2D eigenvalue weighted by molar-refractivity contribution is 8.00. The standard InChI is InChI=1S/C13H22N2OS/c1-17-13(6-2-7-13)9-15-8-5-11(12(15)16)14-10-3-4-10/h10-11,14H,2-9H2,1H3. The summed E-state index contributed by atoms with van der Waals surface area (Å²) in [7, 11) is 0. The van der Waals surface area contributed by atoms with Crippen LogP contribution in [-0.2, 0) is 4.79 Å². The summed E-state index contributed by atoms with van der Waals surface area (Å²) < 4.78 is 0.393. The summed E-state index contributed by atoms with van der Waals surface area (Å²) in [6, 6.07) is 0.767. The van der Waals surface area contributed by atoms with Crippen LogP contribution in [0.15, 0.2) is 0 Å². The Morgan fingerprint density at radius 2 is 2.18 bits per heavy atom. The fourth-order valence-corrected chi connectivity index (χ4v) is 3.91. The Labute approximate surface area is 108 Å². The molecule has 96 valence electrons. The second-order valence-corrected chi connectivity index (χ2v) is 7.06. The van der Waals surface area contributed by atoms with Gasteiger partial charge in [-0.3, -0.25) is 4.79 Å². The molecule has 4 heteroatoms. The quantitative estimate of drug-likeness (QED) is 0.809. The Hall–Kier alpha value is -0.220. The summed E-state index contributed by atoms with van der Waals surface area (Å²) >= 11 is 1.96. The van der Waals surface area contributed by atoms with Crippen molar-refractivity contribution in [3.8, 4) is 0 Å². The minimum Gasteiger partial charge on any atom is -0.340 e. The van der Waals surface area contributed by atoms with E-state index in [1.165, 1.54) is 32.1 Å². The number of thioether (sulfide) groups is 1. The van der Waals surface area contributed by atoms with E-state index in [4.69, 9.17) is 0 Å². The molecule has 3 rings (SSSR count).